The Balaban J connectivity index is 0.000000266. The molecule has 37 heavy (non-hydrogen) atoms. The average molecular weight is 544 g/mol. The molecule has 204 valence electrons. The third-order valence-electron chi connectivity index (χ3n) is 5.90. The topological polar surface area (TPSA) is 119 Å². The van der Waals surface area contributed by atoms with Gasteiger partial charge in [0.1, 0.15) is 23.5 Å². The lowest BCUT2D eigenvalue weighted by atomic mass is 9.95. The zero-order valence-corrected chi connectivity index (χ0v) is 22.0. The average Bonchev–Trinajstić information content (AvgIpc) is 3.21. The van der Waals surface area contributed by atoms with E-state index in [0.717, 1.165) is 19.3 Å². The number of halogens is 4. The number of nitrogens with two attached hydrogens (primary N) is 1. The van der Waals surface area contributed by atoms with E-state index in [1.807, 2.05) is 13.8 Å². The number of hydrogen-bond donors (Lipinski definition) is 3. The van der Waals surface area contributed by atoms with E-state index in [4.69, 9.17) is 22.1 Å². The summed E-state index contributed by atoms with van der Waals surface area (Å²) < 4.78 is 44.8. The van der Waals surface area contributed by atoms with Crippen LogP contribution in [0.4, 0.5) is 19.1 Å². The van der Waals surface area contributed by atoms with Crippen LogP contribution in [0.5, 0.6) is 0 Å². The van der Waals surface area contributed by atoms with E-state index in [2.05, 4.69) is 15.0 Å². The molecule has 0 saturated heterocycles. The highest BCUT2D eigenvalue weighted by atomic mass is 35.5. The van der Waals surface area contributed by atoms with Crippen molar-refractivity contribution >= 4 is 28.6 Å². The molecule has 1 aliphatic rings. The number of aromatic nitrogens is 4. The molecule has 1 aromatic carbocycles. The summed E-state index contributed by atoms with van der Waals surface area (Å²) in [4.78, 5) is 12.3. The number of aliphatic hydroxyl groups excluding tert-OH is 1. The van der Waals surface area contributed by atoms with Crippen LogP contribution in [0.15, 0.2) is 18.3 Å². The Kier molecular flexibility index (Phi) is 9.38. The van der Waals surface area contributed by atoms with E-state index in [9.17, 15) is 23.4 Å². The third-order valence-corrected chi connectivity index (χ3v) is 6.18. The number of fused-ring (bicyclic) bond motifs is 1. The van der Waals surface area contributed by atoms with Crippen molar-refractivity contribution in [2.45, 2.75) is 83.7 Å². The summed E-state index contributed by atoms with van der Waals surface area (Å²) >= 11 is 6.15. The van der Waals surface area contributed by atoms with Crippen molar-refractivity contribution in [2.24, 2.45) is 0 Å². The zero-order chi connectivity index (χ0) is 27.5. The van der Waals surface area contributed by atoms with Gasteiger partial charge >= 0.3 is 0 Å². The molecule has 0 spiro atoms. The van der Waals surface area contributed by atoms with Gasteiger partial charge in [-0.15, -0.1) is 0 Å². The number of ether oxygens (including phenoxy) is 1. The van der Waals surface area contributed by atoms with Gasteiger partial charge in [-0.3, -0.25) is 0 Å². The number of imidazole rings is 1. The molecule has 4 rings (SSSR count). The van der Waals surface area contributed by atoms with Gasteiger partial charge in [0.15, 0.2) is 5.82 Å². The van der Waals surface area contributed by atoms with Crippen molar-refractivity contribution in [3.05, 3.63) is 35.0 Å². The van der Waals surface area contributed by atoms with Crippen LogP contribution >= 0.6 is 11.6 Å². The highest BCUT2D eigenvalue weighted by Crippen LogP contribution is 2.34. The quantitative estimate of drug-likeness (QED) is 0.388. The van der Waals surface area contributed by atoms with Crippen LogP contribution in [0, 0.1) is 5.82 Å². The Morgan fingerprint density at radius 2 is 1.95 bits per heavy atom. The monoisotopic (exact) mass is 543 g/mol. The van der Waals surface area contributed by atoms with Gasteiger partial charge < -0.3 is 25.3 Å². The van der Waals surface area contributed by atoms with E-state index in [0.29, 0.717) is 29.0 Å². The Morgan fingerprint density at radius 1 is 1.24 bits per heavy atom. The van der Waals surface area contributed by atoms with Gasteiger partial charge in [-0.2, -0.15) is 0 Å². The van der Waals surface area contributed by atoms with Gasteiger partial charge in [-0.25, -0.2) is 28.1 Å². The Labute approximate surface area is 218 Å². The van der Waals surface area contributed by atoms with Crippen LogP contribution in [0.25, 0.3) is 22.3 Å². The van der Waals surface area contributed by atoms with Crippen molar-refractivity contribution in [3.8, 4) is 11.3 Å². The molecule has 2 aromatic heterocycles. The van der Waals surface area contributed by atoms with Crippen LogP contribution in [-0.4, -0.2) is 55.0 Å². The Morgan fingerprint density at radius 3 is 2.54 bits per heavy atom. The van der Waals surface area contributed by atoms with Crippen LogP contribution < -0.4 is 5.73 Å². The fraction of sp³-hybridized carbons (Fsp3) is 0.560. The van der Waals surface area contributed by atoms with E-state index in [-0.39, 0.29) is 34.7 Å². The molecule has 2 unspecified atom stereocenters. The predicted molar refractivity (Wildman–Crippen MR) is 136 cm³/mol. The van der Waals surface area contributed by atoms with Crippen LogP contribution in [0.2, 0.25) is 5.02 Å². The Hall–Kier alpha value is -2.47. The molecule has 2 heterocycles. The predicted octanol–water partition coefficient (Wildman–Crippen LogP) is 5.25. The summed E-state index contributed by atoms with van der Waals surface area (Å²) in [6, 6.07) is 3.02. The van der Waals surface area contributed by atoms with Crippen molar-refractivity contribution in [1.82, 2.24) is 19.5 Å². The number of anilines is 1. The minimum Gasteiger partial charge on any atom is -0.393 e. The van der Waals surface area contributed by atoms with Crippen molar-refractivity contribution in [3.63, 3.8) is 0 Å². The van der Waals surface area contributed by atoms with Gasteiger partial charge in [0, 0.05) is 11.6 Å². The van der Waals surface area contributed by atoms with Gasteiger partial charge in [0.25, 0.3) is 6.43 Å². The third kappa shape index (κ3) is 7.31. The summed E-state index contributed by atoms with van der Waals surface area (Å²) in [5.74, 6) is -0.0815. The largest absolute Gasteiger partial charge is 0.393 e. The molecule has 4 N–H and O–H groups in total. The van der Waals surface area contributed by atoms with Crippen LogP contribution in [-0.2, 0) is 10.3 Å². The summed E-state index contributed by atoms with van der Waals surface area (Å²) in [5, 5.41) is 19.9. The maximum Gasteiger partial charge on any atom is 0.261 e. The molecule has 0 amide bonds. The van der Waals surface area contributed by atoms with Gasteiger partial charge in [-0.1, -0.05) is 11.6 Å². The molecule has 1 fully saturated rings. The number of benzene rings is 1. The number of nitrogen functional groups attached to an aromatic ring is 1. The summed E-state index contributed by atoms with van der Waals surface area (Å²) in [7, 11) is 0. The smallest absolute Gasteiger partial charge is 0.261 e. The highest BCUT2D eigenvalue weighted by Gasteiger charge is 2.28. The lowest BCUT2D eigenvalue weighted by molar-refractivity contribution is -0.0573. The number of nitrogens with zero attached hydrogens (tertiary/aromatic N) is 4. The van der Waals surface area contributed by atoms with E-state index in [1.54, 1.807) is 24.5 Å². The molecule has 12 heteroatoms. The molecular weight excluding hydrogens is 511 g/mol. The first kappa shape index (κ1) is 29.1. The first-order chi connectivity index (χ1) is 17.3. The SMILES string of the molecule is CC(C)n1c(C(C)(C)O)nc2c(F)cc(-c3nc(N)ncc3Cl)cc21.OC1CCCC(OCC(F)F)C1. The zero-order valence-electron chi connectivity index (χ0n) is 21.3. The van der Waals surface area contributed by atoms with E-state index >= 15 is 0 Å². The van der Waals surface area contributed by atoms with Crippen molar-refractivity contribution in [2.75, 3.05) is 12.3 Å². The second-order valence-corrected chi connectivity index (χ2v) is 10.3. The second-order valence-electron chi connectivity index (χ2n) is 9.88. The van der Waals surface area contributed by atoms with Crippen LogP contribution in [0.3, 0.4) is 0 Å². The molecule has 2 atom stereocenters. The van der Waals surface area contributed by atoms with Crippen LogP contribution in [0.1, 0.15) is 65.2 Å². The standard InChI is InChI=1S/C17H19ClFN5O.C8H14F2O2/c1-8(2)24-12-6-9(13-10(18)7-21-16(20)23-13)5-11(19)14(12)22-15(24)17(3,4)25;9-8(10)5-12-7-3-1-2-6(11)4-7/h5-8,25H,1-4H3,(H2,20,21,23);6-8,11H,1-5H2. The normalized spacial score (nSPS) is 18.4. The summed E-state index contributed by atoms with van der Waals surface area (Å²) in [6.07, 6.45) is 1.40. The molecule has 1 saturated carbocycles. The number of rotatable bonds is 6. The number of aliphatic hydroxyl groups is 2. The second kappa shape index (κ2) is 11.9. The van der Waals surface area contributed by atoms with Gasteiger partial charge in [0.05, 0.1) is 34.6 Å². The maximum absolute atomic E-state index is 14.7. The van der Waals surface area contributed by atoms with E-state index < -0.39 is 24.5 Å². The lowest BCUT2D eigenvalue weighted by Crippen LogP contribution is -2.27. The lowest BCUT2D eigenvalue weighted by Gasteiger charge is -2.25. The summed E-state index contributed by atoms with van der Waals surface area (Å²) in [6.45, 7) is 6.62. The molecule has 8 nitrogen and oxygen atoms in total. The summed E-state index contributed by atoms with van der Waals surface area (Å²) in [5.41, 5.74) is 5.96. The molecule has 1 aliphatic carbocycles. The van der Waals surface area contributed by atoms with Gasteiger partial charge in [0.2, 0.25) is 5.95 Å². The number of hydrogen-bond acceptors (Lipinski definition) is 7. The maximum atomic E-state index is 14.7. The molecule has 3 aromatic rings. The van der Waals surface area contributed by atoms with E-state index in [1.165, 1.54) is 12.3 Å². The minimum atomic E-state index is -2.40. The first-order valence-electron chi connectivity index (χ1n) is 12.1. The molecular formula is C25H33ClF3N5O3. The fourth-order valence-corrected chi connectivity index (χ4v) is 4.51. The molecule has 0 radical (unpaired) electrons. The number of alkyl halides is 2. The highest BCUT2D eigenvalue weighted by molar-refractivity contribution is 6.33. The first-order valence-corrected chi connectivity index (χ1v) is 12.5. The molecule has 0 bridgehead atoms. The van der Waals surface area contributed by atoms with Gasteiger partial charge in [-0.05, 0) is 65.5 Å². The van der Waals surface area contributed by atoms with Crippen molar-refractivity contribution in [1.29, 1.82) is 0 Å². The molecule has 0 aliphatic heterocycles. The minimum absolute atomic E-state index is 0.0352. The Bertz CT molecular complexity index is 1220. The van der Waals surface area contributed by atoms with Crippen molar-refractivity contribution < 1.29 is 28.1 Å². The fourth-order valence-electron chi connectivity index (χ4n) is 4.31.